The van der Waals surface area contributed by atoms with E-state index in [0.717, 1.165) is 77.0 Å². The summed E-state index contributed by atoms with van der Waals surface area (Å²) in [5.41, 5.74) is 0. The molecular weight excluding hydrogens is 787 g/mol. The van der Waals surface area contributed by atoms with Crippen LogP contribution in [0.2, 0.25) is 0 Å². The molecule has 0 saturated carbocycles. The first-order chi connectivity index (χ1) is 30.6. The third-order valence-electron chi connectivity index (χ3n) is 11.1. The molecule has 2 atom stereocenters. The summed E-state index contributed by atoms with van der Waals surface area (Å²) in [5.74, 6) is -1.76. The highest BCUT2D eigenvalue weighted by Crippen LogP contribution is 2.15. The Morgan fingerprint density at radius 1 is 0.508 bits per heavy atom. The van der Waals surface area contributed by atoms with Gasteiger partial charge in [0.1, 0.15) is 12.6 Å². The third-order valence-corrected chi connectivity index (χ3v) is 11.1. The zero-order valence-electron chi connectivity index (χ0n) is 41.2. The van der Waals surface area contributed by atoms with Crippen LogP contribution < -0.4 is 5.11 Å². The first-order valence-electron chi connectivity index (χ1n) is 25.5. The molecule has 0 saturated heterocycles. The quantitative estimate of drug-likeness (QED) is 0.0197. The average molecular weight is 882 g/mol. The molecule has 63 heavy (non-hydrogen) atoms. The molecule has 0 aliphatic heterocycles. The molecule has 0 bridgehead atoms. The summed E-state index contributed by atoms with van der Waals surface area (Å²) < 4.78 is 17.2. The maximum Gasteiger partial charge on any atom is 0.306 e. The Kier molecular flexibility index (Phi) is 43.0. The summed E-state index contributed by atoms with van der Waals surface area (Å²) in [6.07, 6.45) is 57.8. The van der Waals surface area contributed by atoms with Crippen molar-refractivity contribution in [1.29, 1.82) is 0 Å². The van der Waals surface area contributed by atoms with E-state index in [9.17, 15) is 19.5 Å². The van der Waals surface area contributed by atoms with Gasteiger partial charge in [0, 0.05) is 19.3 Å². The molecule has 362 valence electrons. The van der Waals surface area contributed by atoms with Crippen LogP contribution in [0.1, 0.15) is 206 Å². The summed E-state index contributed by atoms with van der Waals surface area (Å²) in [4.78, 5) is 37.0. The normalized spacial score (nSPS) is 13.5. The lowest BCUT2D eigenvalue weighted by atomic mass is 10.1. The van der Waals surface area contributed by atoms with Gasteiger partial charge in [-0.15, -0.1) is 0 Å². The number of carboxylic acids is 1. The molecule has 0 aromatic heterocycles. The summed E-state index contributed by atoms with van der Waals surface area (Å²) in [5, 5.41) is 11.7. The highest BCUT2D eigenvalue weighted by atomic mass is 16.6. The molecule has 0 N–H and O–H groups in total. The number of rotatable bonds is 45. The Hall–Kier alpha value is -3.23. The predicted molar refractivity (Wildman–Crippen MR) is 263 cm³/mol. The molecule has 0 amide bonds. The number of unbranched alkanes of at least 4 members (excludes halogenated alkanes) is 20. The van der Waals surface area contributed by atoms with E-state index in [-0.39, 0.29) is 42.7 Å². The molecule has 0 radical (unpaired) electrons. The third kappa shape index (κ3) is 43.8. The van der Waals surface area contributed by atoms with Crippen LogP contribution in [0.25, 0.3) is 0 Å². The first kappa shape index (κ1) is 59.8. The maximum atomic E-state index is 12.8. The molecule has 0 aliphatic carbocycles. The highest BCUT2D eigenvalue weighted by molar-refractivity contribution is 5.70. The molecule has 2 unspecified atom stereocenters. The number of allylic oxidation sites excluding steroid dienone is 12. The lowest BCUT2D eigenvalue weighted by Crippen LogP contribution is -2.55. The second kappa shape index (κ2) is 45.3. The van der Waals surface area contributed by atoms with Crippen molar-refractivity contribution in [2.24, 2.45) is 0 Å². The summed E-state index contributed by atoms with van der Waals surface area (Å²) in [6.45, 7) is 4.52. The maximum absolute atomic E-state index is 12.8. The Balaban J connectivity index is 4.29. The van der Waals surface area contributed by atoms with E-state index < -0.39 is 18.1 Å². The number of likely N-dealkylation sites (N-methyl/N-ethyl adjacent to an activating group) is 1. The van der Waals surface area contributed by atoms with Gasteiger partial charge in [-0.25, -0.2) is 0 Å². The fourth-order valence-corrected chi connectivity index (χ4v) is 7.17. The van der Waals surface area contributed by atoms with E-state index in [0.29, 0.717) is 12.8 Å². The van der Waals surface area contributed by atoms with Crippen molar-refractivity contribution in [2.75, 3.05) is 41.0 Å². The Morgan fingerprint density at radius 3 is 1.41 bits per heavy atom. The van der Waals surface area contributed by atoms with Crippen molar-refractivity contribution >= 4 is 17.9 Å². The standard InChI is InChI=1S/C55H95NO7/c1-6-8-10-12-14-16-18-20-22-24-26-28-29-31-33-35-37-39-41-43-45-53(57)62-50-51(49-61-48-47-52(55(59)60)56(3,4)5)63-54(58)46-44-42-40-38-36-34-32-30-27-25-23-21-19-17-15-13-11-9-7-2/h9,11,15-18,20-23,27,30,51-52H,6-8,10,12-14,19,24-26,28-29,31-50H2,1-5H3/b11-9+,17-15+,18-16+,22-20+,23-21+,30-27+. The van der Waals surface area contributed by atoms with Crippen molar-refractivity contribution in [3.8, 4) is 0 Å². The van der Waals surface area contributed by atoms with Crippen LogP contribution in [0, 0.1) is 0 Å². The molecule has 0 aliphatic rings. The van der Waals surface area contributed by atoms with E-state index in [4.69, 9.17) is 14.2 Å². The van der Waals surface area contributed by atoms with Gasteiger partial charge in [-0.2, -0.15) is 0 Å². The first-order valence-corrected chi connectivity index (χ1v) is 25.5. The van der Waals surface area contributed by atoms with E-state index in [1.807, 2.05) is 0 Å². The summed E-state index contributed by atoms with van der Waals surface area (Å²) in [7, 11) is 5.40. The minimum atomic E-state index is -1.13. The van der Waals surface area contributed by atoms with Crippen LogP contribution in [0.15, 0.2) is 72.9 Å². The van der Waals surface area contributed by atoms with Gasteiger partial charge in [0.15, 0.2) is 6.10 Å². The number of carbonyl (C=O) groups excluding carboxylic acids is 3. The van der Waals surface area contributed by atoms with E-state index in [1.165, 1.54) is 96.3 Å². The number of nitrogens with zero attached hydrogens (tertiary/aromatic N) is 1. The van der Waals surface area contributed by atoms with E-state index >= 15 is 0 Å². The number of quaternary nitrogens is 1. The number of carboxylic acid groups (broad SMARTS) is 1. The Morgan fingerprint density at radius 2 is 0.937 bits per heavy atom. The second-order valence-electron chi connectivity index (χ2n) is 18.1. The minimum absolute atomic E-state index is 0.0309. The van der Waals surface area contributed by atoms with Gasteiger partial charge in [-0.3, -0.25) is 9.59 Å². The van der Waals surface area contributed by atoms with Crippen LogP contribution in [0.4, 0.5) is 0 Å². The largest absolute Gasteiger partial charge is 0.544 e. The smallest absolute Gasteiger partial charge is 0.306 e. The van der Waals surface area contributed by atoms with E-state index in [2.05, 4.69) is 86.8 Å². The number of ether oxygens (including phenoxy) is 3. The van der Waals surface area contributed by atoms with Crippen molar-refractivity contribution in [2.45, 2.75) is 219 Å². The monoisotopic (exact) mass is 882 g/mol. The van der Waals surface area contributed by atoms with Gasteiger partial charge >= 0.3 is 11.9 Å². The zero-order chi connectivity index (χ0) is 46.3. The van der Waals surface area contributed by atoms with Crippen molar-refractivity contribution in [1.82, 2.24) is 0 Å². The van der Waals surface area contributed by atoms with Crippen molar-refractivity contribution in [3.63, 3.8) is 0 Å². The molecular formula is C55H95NO7. The predicted octanol–water partition coefficient (Wildman–Crippen LogP) is 13.4. The molecule has 0 heterocycles. The van der Waals surface area contributed by atoms with Crippen LogP contribution in [0.5, 0.6) is 0 Å². The number of hydrogen-bond acceptors (Lipinski definition) is 7. The van der Waals surface area contributed by atoms with Crippen molar-refractivity contribution in [3.05, 3.63) is 72.9 Å². The molecule has 8 heteroatoms. The minimum Gasteiger partial charge on any atom is -0.544 e. The van der Waals surface area contributed by atoms with Gasteiger partial charge in [-0.1, -0.05) is 183 Å². The molecule has 0 spiro atoms. The van der Waals surface area contributed by atoms with Gasteiger partial charge in [0.05, 0.1) is 40.3 Å². The fraction of sp³-hybridized carbons (Fsp3) is 0.727. The molecule has 0 aromatic rings. The lowest BCUT2D eigenvalue weighted by Gasteiger charge is -2.34. The van der Waals surface area contributed by atoms with Gasteiger partial charge in [-0.05, 0) is 77.0 Å². The number of hydrogen-bond donors (Lipinski definition) is 0. The number of esters is 2. The topological polar surface area (TPSA) is 102 Å². The molecule has 0 fully saturated rings. The SMILES string of the molecule is CC/C=C/C/C=C/C/C=C/C/C=C/CCCCCCCCC(=O)OC(COCCC(C(=O)[O-])[N+](C)(C)C)COC(=O)CCCCCCCCCCCC/C=C/C=C/CCCCCC. The van der Waals surface area contributed by atoms with Crippen LogP contribution >= 0.6 is 0 Å². The Labute approximate surface area is 387 Å². The van der Waals surface area contributed by atoms with Crippen LogP contribution in [-0.4, -0.2) is 75.5 Å². The molecule has 0 aromatic carbocycles. The number of aliphatic carboxylic acids is 1. The lowest BCUT2D eigenvalue weighted by molar-refractivity contribution is -0.889. The molecule has 8 nitrogen and oxygen atoms in total. The van der Waals surface area contributed by atoms with Crippen LogP contribution in [0.3, 0.4) is 0 Å². The van der Waals surface area contributed by atoms with Crippen LogP contribution in [-0.2, 0) is 28.6 Å². The molecule has 0 rings (SSSR count). The zero-order valence-corrected chi connectivity index (χ0v) is 41.2. The number of carbonyl (C=O) groups is 3. The van der Waals surface area contributed by atoms with E-state index in [1.54, 1.807) is 21.1 Å². The highest BCUT2D eigenvalue weighted by Gasteiger charge is 2.25. The van der Waals surface area contributed by atoms with Gasteiger partial charge < -0.3 is 28.6 Å². The van der Waals surface area contributed by atoms with Crippen molar-refractivity contribution < 1.29 is 38.2 Å². The fourth-order valence-electron chi connectivity index (χ4n) is 7.17. The second-order valence-corrected chi connectivity index (χ2v) is 18.1. The Bertz CT molecular complexity index is 1260. The summed E-state index contributed by atoms with van der Waals surface area (Å²) >= 11 is 0. The average Bonchev–Trinajstić information content (AvgIpc) is 3.24. The van der Waals surface area contributed by atoms with Gasteiger partial charge in [0.25, 0.3) is 0 Å². The summed E-state index contributed by atoms with van der Waals surface area (Å²) in [6, 6.07) is -0.733. The van der Waals surface area contributed by atoms with Gasteiger partial charge in [0.2, 0.25) is 0 Å².